The second-order valence-corrected chi connectivity index (χ2v) is 6.91. The minimum Gasteiger partial charge on any atom is -0.447 e. The SMILES string of the molecule is C[C@H](/C=C/C(=O)N1C(=O)OC[C@@H]1Cc1ccccc1)[C@H](C)C[C@@H](C)O. The molecule has 1 aromatic carbocycles. The maximum atomic E-state index is 12.5. The van der Waals surface area contributed by atoms with E-state index in [9.17, 15) is 14.7 Å². The van der Waals surface area contributed by atoms with Crippen LogP contribution in [0.3, 0.4) is 0 Å². The van der Waals surface area contributed by atoms with Gasteiger partial charge < -0.3 is 9.84 Å². The molecular weight excluding hydrogens is 318 g/mol. The van der Waals surface area contributed by atoms with E-state index in [4.69, 9.17) is 4.74 Å². The Kier molecular flexibility index (Phi) is 6.76. The Balaban J connectivity index is 2.00. The molecule has 0 aliphatic carbocycles. The van der Waals surface area contributed by atoms with Crippen LogP contribution in [-0.2, 0) is 16.0 Å². The first kappa shape index (κ1) is 19.2. The Morgan fingerprint density at radius 3 is 2.64 bits per heavy atom. The highest BCUT2D eigenvalue weighted by molar-refractivity contribution is 5.99. The highest BCUT2D eigenvalue weighted by Crippen LogP contribution is 2.20. The number of imide groups is 1. The molecule has 0 bridgehead atoms. The number of benzene rings is 1. The molecule has 25 heavy (non-hydrogen) atoms. The topological polar surface area (TPSA) is 66.8 Å². The molecule has 1 saturated heterocycles. The van der Waals surface area contributed by atoms with Crippen LogP contribution in [0.1, 0.15) is 32.8 Å². The van der Waals surface area contributed by atoms with Crippen molar-refractivity contribution in [1.82, 2.24) is 4.90 Å². The molecule has 4 atom stereocenters. The molecule has 0 radical (unpaired) electrons. The number of nitrogens with zero attached hydrogens (tertiary/aromatic N) is 1. The van der Waals surface area contributed by atoms with E-state index in [0.717, 1.165) is 5.56 Å². The fourth-order valence-corrected chi connectivity index (χ4v) is 3.02. The zero-order chi connectivity index (χ0) is 18.4. The first-order valence-corrected chi connectivity index (χ1v) is 8.78. The van der Waals surface area contributed by atoms with Crippen LogP contribution in [0.4, 0.5) is 4.79 Å². The van der Waals surface area contributed by atoms with Crippen molar-refractivity contribution in [1.29, 1.82) is 0 Å². The molecule has 1 aliphatic heterocycles. The smallest absolute Gasteiger partial charge is 0.417 e. The number of rotatable bonds is 7. The monoisotopic (exact) mass is 345 g/mol. The summed E-state index contributed by atoms with van der Waals surface area (Å²) in [7, 11) is 0. The van der Waals surface area contributed by atoms with Gasteiger partial charge in [0.15, 0.2) is 0 Å². The molecule has 0 aromatic heterocycles. The van der Waals surface area contributed by atoms with Crippen LogP contribution in [0.2, 0.25) is 0 Å². The van der Waals surface area contributed by atoms with Gasteiger partial charge in [0.05, 0.1) is 12.1 Å². The number of hydrogen-bond acceptors (Lipinski definition) is 4. The van der Waals surface area contributed by atoms with Gasteiger partial charge in [-0.1, -0.05) is 50.3 Å². The van der Waals surface area contributed by atoms with E-state index in [-0.39, 0.29) is 36.5 Å². The number of aliphatic hydroxyl groups is 1. The van der Waals surface area contributed by atoms with Gasteiger partial charge in [0, 0.05) is 0 Å². The van der Waals surface area contributed by atoms with Crippen LogP contribution >= 0.6 is 0 Å². The Hall–Kier alpha value is -2.14. The van der Waals surface area contributed by atoms with Gasteiger partial charge in [-0.15, -0.1) is 0 Å². The number of carbonyl (C=O) groups is 2. The van der Waals surface area contributed by atoms with Gasteiger partial charge in [-0.25, -0.2) is 9.69 Å². The zero-order valence-electron chi connectivity index (χ0n) is 15.1. The molecule has 1 aliphatic rings. The largest absolute Gasteiger partial charge is 0.447 e. The van der Waals surface area contributed by atoms with Crippen LogP contribution in [0, 0.1) is 11.8 Å². The average molecular weight is 345 g/mol. The lowest BCUT2D eigenvalue weighted by atomic mass is 9.90. The minimum atomic E-state index is -0.583. The van der Waals surface area contributed by atoms with Crippen LogP contribution in [0.15, 0.2) is 42.5 Å². The van der Waals surface area contributed by atoms with E-state index in [1.807, 2.05) is 44.2 Å². The molecule has 2 rings (SSSR count). The Labute approximate surface area is 149 Å². The van der Waals surface area contributed by atoms with E-state index >= 15 is 0 Å². The Morgan fingerprint density at radius 1 is 1.32 bits per heavy atom. The molecule has 0 spiro atoms. The van der Waals surface area contributed by atoms with Crippen molar-refractivity contribution in [3.63, 3.8) is 0 Å². The van der Waals surface area contributed by atoms with Crippen LogP contribution in [0.25, 0.3) is 0 Å². The molecule has 1 N–H and O–H groups in total. The highest BCUT2D eigenvalue weighted by Gasteiger charge is 2.36. The van der Waals surface area contributed by atoms with Crippen molar-refractivity contribution in [2.45, 2.75) is 45.8 Å². The summed E-state index contributed by atoms with van der Waals surface area (Å²) in [6, 6.07) is 9.47. The number of amides is 2. The predicted octanol–water partition coefficient (Wildman–Crippen LogP) is 3.18. The van der Waals surface area contributed by atoms with E-state index < -0.39 is 6.09 Å². The third-order valence-corrected chi connectivity index (χ3v) is 4.67. The second kappa shape index (κ2) is 8.81. The van der Waals surface area contributed by atoms with Crippen molar-refractivity contribution in [3.05, 3.63) is 48.0 Å². The summed E-state index contributed by atoms with van der Waals surface area (Å²) in [6.07, 6.45) is 3.56. The zero-order valence-corrected chi connectivity index (χ0v) is 15.1. The third kappa shape index (κ3) is 5.43. The van der Waals surface area contributed by atoms with Gasteiger partial charge in [0.2, 0.25) is 0 Å². The Morgan fingerprint density at radius 2 is 2.00 bits per heavy atom. The number of allylic oxidation sites excluding steroid dienone is 1. The number of hydrogen-bond donors (Lipinski definition) is 1. The number of cyclic esters (lactones) is 1. The third-order valence-electron chi connectivity index (χ3n) is 4.67. The first-order chi connectivity index (χ1) is 11.9. The molecule has 1 heterocycles. The summed E-state index contributed by atoms with van der Waals surface area (Å²) in [5.41, 5.74) is 1.06. The van der Waals surface area contributed by atoms with E-state index in [0.29, 0.717) is 12.8 Å². The lowest BCUT2D eigenvalue weighted by molar-refractivity contribution is -0.124. The van der Waals surface area contributed by atoms with Crippen LogP contribution < -0.4 is 0 Å². The summed E-state index contributed by atoms with van der Waals surface area (Å²) in [5, 5.41) is 9.47. The van der Waals surface area contributed by atoms with Crippen molar-refractivity contribution in [3.8, 4) is 0 Å². The highest BCUT2D eigenvalue weighted by atomic mass is 16.6. The summed E-state index contributed by atoms with van der Waals surface area (Å²) < 4.78 is 5.08. The standard InChI is InChI=1S/C20H27NO4/c1-14(15(2)11-16(3)22)9-10-19(23)21-18(13-25-20(21)24)12-17-7-5-4-6-8-17/h4-10,14-16,18,22H,11-13H2,1-3H3/b10-9+/t14-,15-,16-,18+/m1/s1. The van der Waals surface area contributed by atoms with E-state index in [1.54, 1.807) is 13.0 Å². The quantitative estimate of drug-likeness (QED) is 0.771. The molecule has 1 aromatic rings. The molecule has 5 heteroatoms. The molecule has 2 amide bonds. The number of carbonyl (C=O) groups excluding carboxylic acids is 2. The predicted molar refractivity (Wildman–Crippen MR) is 95.9 cm³/mol. The van der Waals surface area contributed by atoms with Gasteiger partial charge >= 0.3 is 6.09 Å². The van der Waals surface area contributed by atoms with E-state index in [2.05, 4.69) is 0 Å². The maximum Gasteiger partial charge on any atom is 0.417 e. The van der Waals surface area contributed by atoms with Gasteiger partial charge in [-0.05, 0) is 43.2 Å². The summed E-state index contributed by atoms with van der Waals surface area (Å²) >= 11 is 0. The lowest BCUT2D eigenvalue weighted by Gasteiger charge is -2.20. The van der Waals surface area contributed by atoms with Gasteiger partial charge in [0.1, 0.15) is 6.61 Å². The fraction of sp³-hybridized carbons (Fsp3) is 0.500. The van der Waals surface area contributed by atoms with Gasteiger partial charge in [-0.3, -0.25) is 4.79 Å². The summed E-state index contributed by atoms with van der Waals surface area (Å²) in [4.78, 5) is 25.7. The average Bonchev–Trinajstić information content (AvgIpc) is 2.93. The van der Waals surface area contributed by atoms with Gasteiger partial charge in [0.25, 0.3) is 5.91 Å². The van der Waals surface area contributed by atoms with Crippen LogP contribution in [0.5, 0.6) is 0 Å². The van der Waals surface area contributed by atoms with Crippen LogP contribution in [-0.4, -0.2) is 40.8 Å². The summed E-state index contributed by atoms with van der Waals surface area (Å²) in [6.45, 7) is 6.02. The van der Waals surface area contributed by atoms with Gasteiger partial charge in [-0.2, -0.15) is 0 Å². The second-order valence-electron chi connectivity index (χ2n) is 6.91. The molecule has 0 unspecified atom stereocenters. The molecule has 1 fully saturated rings. The molecule has 0 saturated carbocycles. The molecule has 136 valence electrons. The molecule has 5 nitrogen and oxygen atoms in total. The fourth-order valence-electron chi connectivity index (χ4n) is 3.02. The Bertz CT molecular complexity index is 611. The minimum absolute atomic E-state index is 0.129. The van der Waals surface area contributed by atoms with Crippen molar-refractivity contribution in [2.24, 2.45) is 11.8 Å². The van der Waals surface area contributed by atoms with Crippen molar-refractivity contribution < 1.29 is 19.4 Å². The summed E-state index contributed by atoms with van der Waals surface area (Å²) in [5.74, 6) is 0.0268. The maximum absolute atomic E-state index is 12.5. The number of aliphatic hydroxyl groups excluding tert-OH is 1. The lowest BCUT2D eigenvalue weighted by Crippen LogP contribution is -2.39. The van der Waals surface area contributed by atoms with Crippen molar-refractivity contribution in [2.75, 3.05) is 6.61 Å². The first-order valence-electron chi connectivity index (χ1n) is 8.78. The van der Waals surface area contributed by atoms with Crippen molar-refractivity contribution >= 4 is 12.0 Å². The normalized spacial score (nSPS) is 21.2. The molecular formula is C20H27NO4. The van der Waals surface area contributed by atoms with E-state index in [1.165, 1.54) is 11.0 Å². The number of ether oxygens (including phenoxy) is 1.